The predicted molar refractivity (Wildman–Crippen MR) is 156 cm³/mol. The first kappa shape index (κ1) is 26.3. The van der Waals surface area contributed by atoms with E-state index in [4.69, 9.17) is 21.3 Å². The molecule has 4 aromatic rings. The second kappa shape index (κ2) is 10.4. The number of hydrogen-bond donors (Lipinski definition) is 1. The van der Waals surface area contributed by atoms with E-state index >= 15 is 4.39 Å². The quantitative estimate of drug-likeness (QED) is 0.337. The van der Waals surface area contributed by atoms with Gasteiger partial charge in [0, 0.05) is 60.0 Å². The summed E-state index contributed by atoms with van der Waals surface area (Å²) in [6.07, 6.45) is 1.40. The van der Waals surface area contributed by atoms with Crippen LogP contribution < -0.4 is 15.0 Å². The second-order valence-electron chi connectivity index (χ2n) is 11.2. The average Bonchev–Trinajstić information content (AvgIpc) is 3.51. The molecule has 3 atom stereocenters. The Hall–Kier alpha value is -3.58. The number of aromatic nitrogens is 2. The monoisotopic (exact) mass is 574 g/mol. The molecule has 0 aliphatic carbocycles. The lowest BCUT2D eigenvalue weighted by Crippen LogP contribution is -2.51. The molecule has 0 spiro atoms. The van der Waals surface area contributed by atoms with Crippen molar-refractivity contribution in [2.75, 3.05) is 44.2 Å². The Morgan fingerprint density at radius 2 is 2.00 bits per heavy atom. The minimum atomic E-state index is -0.876. The van der Waals surface area contributed by atoms with Crippen LogP contribution in [0.5, 0.6) is 6.01 Å². The van der Waals surface area contributed by atoms with Gasteiger partial charge in [-0.15, -0.1) is 0 Å². The number of hydrogen-bond acceptors (Lipinski definition) is 7. The Balaban J connectivity index is 1.35. The molecular weight excluding hydrogens is 546 g/mol. The molecule has 7 nitrogen and oxygen atoms in total. The molecule has 3 aliphatic heterocycles. The number of anilines is 1. The van der Waals surface area contributed by atoms with Crippen LogP contribution >= 0.6 is 11.6 Å². The molecular formula is C31H29ClF2N6O. The van der Waals surface area contributed by atoms with Crippen molar-refractivity contribution in [3.8, 4) is 23.2 Å². The van der Waals surface area contributed by atoms with Gasteiger partial charge in [0.15, 0.2) is 0 Å². The summed E-state index contributed by atoms with van der Waals surface area (Å²) in [5.74, 6) is 0.0653. The predicted octanol–water partition coefficient (Wildman–Crippen LogP) is 5.50. The molecule has 0 saturated carbocycles. The first-order valence-corrected chi connectivity index (χ1v) is 14.4. The van der Waals surface area contributed by atoms with E-state index in [-0.39, 0.29) is 18.2 Å². The molecule has 7 rings (SSSR count). The molecule has 0 bridgehead atoms. The molecule has 3 aromatic carbocycles. The van der Waals surface area contributed by atoms with Crippen molar-refractivity contribution in [1.29, 1.82) is 5.26 Å². The minimum absolute atomic E-state index is 0.103. The molecule has 3 fully saturated rings. The number of fused-ring (bicyclic) bond motifs is 3. The summed E-state index contributed by atoms with van der Waals surface area (Å²) in [4.78, 5) is 13.5. The number of benzene rings is 3. The highest BCUT2D eigenvalue weighted by Gasteiger charge is 2.49. The van der Waals surface area contributed by atoms with Gasteiger partial charge in [-0.2, -0.15) is 15.2 Å². The van der Waals surface area contributed by atoms with Crippen LogP contribution in [-0.2, 0) is 0 Å². The van der Waals surface area contributed by atoms with Crippen LogP contribution in [0.25, 0.3) is 32.8 Å². The van der Waals surface area contributed by atoms with Crippen LogP contribution in [0.3, 0.4) is 0 Å². The molecule has 3 aliphatic rings. The third-order valence-electron chi connectivity index (χ3n) is 8.78. The molecule has 1 aromatic heterocycles. The van der Waals surface area contributed by atoms with Crippen molar-refractivity contribution >= 4 is 39.1 Å². The lowest BCUT2D eigenvalue weighted by Gasteiger charge is -2.34. The van der Waals surface area contributed by atoms with Crippen LogP contribution in [0.4, 0.5) is 14.6 Å². The highest BCUT2D eigenvalue weighted by atomic mass is 35.5. The summed E-state index contributed by atoms with van der Waals surface area (Å²) < 4.78 is 36.4. The number of rotatable bonds is 5. The zero-order valence-electron chi connectivity index (χ0n) is 22.4. The lowest BCUT2D eigenvalue weighted by atomic mass is 9.95. The van der Waals surface area contributed by atoms with Gasteiger partial charge < -0.3 is 15.0 Å². The van der Waals surface area contributed by atoms with E-state index in [2.05, 4.69) is 21.3 Å². The third kappa shape index (κ3) is 4.55. The first-order chi connectivity index (χ1) is 20.0. The fourth-order valence-corrected chi connectivity index (χ4v) is 7.13. The highest BCUT2D eigenvalue weighted by Crippen LogP contribution is 2.41. The normalized spacial score (nSPS) is 24.6. The average molecular weight is 575 g/mol. The van der Waals surface area contributed by atoms with Crippen LogP contribution in [0.15, 0.2) is 48.5 Å². The molecule has 210 valence electrons. The summed E-state index contributed by atoms with van der Waals surface area (Å²) in [5.41, 5.74) is 1.05. The fourth-order valence-electron chi connectivity index (χ4n) is 6.84. The Kier molecular flexibility index (Phi) is 6.65. The van der Waals surface area contributed by atoms with E-state index in [0.29, 0.717) is 65.5 Å². The van der Waals surface area contributed by atoms with E-state index in [1.54, 1.807) is 12.1 Å². The highest BCUT2D eigenvalue weighted by molar-refractivity contribution is 6.36. The van der Waals surface area contributed by atoms with Gasteiger partial charge in [-0.1, -0.05) is 41.9 Å². The summed E-state index contributed by atoms with van der Waals surface area (Å²) in [6.45, 7) is 3.22. The minimum Gasteiger partial charge on any atom is -0.461 e. The number of nitrogens with one attached hydrogen (secondary N) is 1. The van der Waals surface area contributed by atoms with Gasteiger partial charge in [0.25, 0.3) is 0 Å². The molecule has 4 heterocycles. The van der Waals surface area contributed by atoms with Crippen molar-refractivity contribution in [2.24, 2.45) is 0 Å². The number of nitriles is 1. The van der Waals surface area contributed by atoms with E-state index in [1.165, 1.54) is 6.07 Å². The Morgan fingerprint density at radius 1 is 1.15 bits per heavy atom. The van der Waals surface area contributed by atoms with E-state index in [0.717, 1.165) is 30.2 Å². The maximum atomic E-state index is 15.9. The number of nitrogens with zero attached hydrogens (tertiary/aromatic N) is 5. The summed E-state index contributed by atoms with van der Waals surface area (Å²) in [7, 11) is 0. The lowest BCUT2D eigenvalue weighted by molar-refractivity contribution is 0.107. The van der Waals surface area contributed by atoms with Gasteiger partial charge in [-0.3, -0.25) is 4.90 Å². The maximum absolute atomic E-state index is 15.9. The Morgan fingerprint density at radius 3 is 2.85 bits per heavy atom. The number of alkyl halides is 1. The smallest absolute Gasteiger partial charge is 0.319 e. The van der Waals surface area contributed by atoms with Gasteiger partial charge in [0.05, 0.1) is 17.1 Å². The summed E-state index contributed by atoms with van der Waals surface area (Å²) in [6, 6.07) is 16.4. The van der Waals surface area contributed by atoms with Crippen molar-refractivity contribution in [1.82, 2.24) is 20.2 Å². The van der Waals surface area contributed by atoms with Gasteiger partial charge in [-0.25, -0.2) is 8.78 Å². The van der Waals surface area contributed by atoms with E-state index in [9.17, 15) is 9.65 Å². The van der Waals surface area contributed by atoms with Crippen LogP contribution in [-0.4, -0.2) is 72.0 Å². The number of halogens is 3. The molecule has 3 saturated heterocycles. The van der Waals surface area contributed by atoms with Crippen LogP contribution in [0.1, 0.15) is 19.3 Å². The number of piperazine rings is 1. The number of ether oxygens (including phenoxy) is 1. The van der Waals surface area contributed by atoms with Crippen molar-refractivity contribution < 1.29 is 13.5 Å². The van der Waals surface area contributed by atoms with Gasteiger partial charge in [-0.05, 0) is 42.5 Å². The second-order valence-corrected chi connectivity index (χ2v) is 11.6. The molecule has 10 heteroatoms. The molecule has 1 N–H and O–H groups in total. The summed E-state index contributed by atoms with van der Waals surface area (Å²) >= 11 is 6.59. The van der Waals surface area contributed by atoms with Crippen molar-refractivity contribution in [3.05, 3.63) is 59.4 Å². The zero-order chi connectivity index (χ0) is 28.1. The maximum Gasteiger partial charge on any atom is 0.319 e. The van der Waals surface area contributed by atoms with Gasteiger partial charge in [0.1, 0.15) is 30.5 Å². The van der Waals surface area contributed by atoms with E-state index < -0.39 is 18.0 Å². The fraction of sp³-hybridized carbons (Fsp3) is 0.387. The first-order valence-electron chi connectivity index (χ1n) is 14.0. The van der Waals surface area contributed by atoms with Gasteiger partial charge in [0.2, 0.25) is 0 Å². The largest absolute Gasteiger partial charge is 0.461 e. The Labute approximate surface area is 241 Å². The molecule has 41 heavy (non-hydrogen) atoms. The zero-order valence-corrected chi connectivity index (χ0v) is 23.2. The molecule has 0 amide bonds. The Bertz CT molecular complexity index is 1690. The van der Waals surface area contributed by atoms with Crippen molar-refractivity contribution in [3.63, 3.8) is 0 Å². The molecule has 0 radical (unpaired) electrons. The van der Waals surface area contributed by atoms with Crippen LogP contribution in [0, 0.1) is 17.1 Å². The third-order valence-corrected chi connectivity index (χ3v) is 9.10. The van der Waals surface area contributed by atoms with Crippen LogP contribution in [0.2, 0.25) is 5.02 Å². The standard InChI is InChI=1S/C31H29ClF2N6O/c32-25-7-2-5-19-4-1-6-22(28(19)25)23-12-24-27(13-26(23)34)37-30(38-29(24)40-11-9-36-16-21(40)15-35)41-18-31-8-3-10-39(31)17-20(33)14-31/h1-2,4-7,12-13,20-21,36H,3,8-11,14,16-18H2/t20-,21+,31+/m1/s1. The molecule has 0 unspecified atom stereocenters. The van der Waals surface area contributed by atoms with E-state index in [1.807, 2.05) is 35.2 Å². The summed E-state index contributed by atoms with van der Waals surface area (Å²) in [5, 5.41) is 16.0. The SMILES string of the molecule is N#C[C@H]1CNCCN1c1nc(OC[C@@]23CCCN2C[C@H](F)C3)nc2cc(F)c(-c3cccc4cccc(Cl)c34)cc12. The van der Waals surface area contributed by atoms with Crippen molar-refractivity contribution in [2.45, 2.75) is 37.0 Å². The van der Waals surface area contributed by atoms with Gasteiger partial charge >= 0.3 is 6.01 Å². The topological polar surface area (TPSA) is 77.3 Å².